The quantitative estimate of drug-likeness (QED) is 0.432. The molecule has 3 rings (SSSR count). The van der Waals surface area contributed by atoms with Gasteiger partial charge in [-0.2, -0.15) is 0 Å². The smallest absolute Gasteiger partial charge is 0.161 e. The topological polar surface area (TPSA) is 107 Å². The predicted molar refractivity (Wildman–Crippen MR) is 78.6 cm³/mol. The number of rotatable bonds is 3. The Morgan fingerprint density at radius 2 is 2.14 bits per heavy atom. The van der Waals surface area contributed by atoms with Crippen molar-refractivity contribution in [2.75, 3.05) is 7.11 Å². The predicted octanol–water partition coefficient (Wildman–Crippen LogP) is 3.89. The number of ether oxygens (including phenoxy) is 1. The summed E-state index contributed by atoms with van der Waals surface area (Å²) in [5.74, 6) is 1.09. The van der Waals surface area contributed by atoms with Gasteiger partial charge in [-0.1, -0.05) is 11.2 Å². The summed E-state index contributed by atoms with van der Waals surface area (Å²) in [5, 5.41) is 13.2. The molecule has 7 heteroatoms. The van der Waals surface area contributed by atoms with Crippen LogP contribution in [0.1, 0.15) is 0 Å². The molecule has 104 valence electrons. The minimum absolute atomic E-state index is 0.0722. The Hall–Kier alpha value is -3.18. The van der Waals surface area contributed by atoms with Gasteiger partial charge in [0.15, 0.2) is 11.5 Å². The first kappa shape index (κ1) is 12.8. The van der Waals surface area contributed by atoms with E-state index in [9.17, 15) is 5.11 Å². The molecule has 0 amide bonds. The number of hydrogen-bond donors (Lipinski definition) is 2. The molecule has 2 N–H and O–H groups in total. The van der Waals surface area contributed by atoms with Crippen LogP contribution in [0.15, 0.2) is 41.5 Å². The molecule has 0 aliphatic heterocycles. The first-order valence-electron chi connectivity index (χ1n) is 6.13. The number of methoxy groups -OCH3 is 1. The van der Waals surface area contributed by atoms with Gasteiger partial charge in [0.05, 0.1) is 18.1 Å². The summed E-state index contributed by atoms with van der Waals surface area (Å²) in [6.07, 6.45) is 0. The van der Waals surface area contributed by atoms with Crippen LogP contribution >= 0.6 is 0 Å². The number of hydrogen-bond acceptors (Lipinski definition) is 4. The van der Waals surface area contributed by atoms with E-state index in [0.29, 0.717) is 17.3 Å². The molecule has 0 atom stereocenters. The van der Waals surface area contributed by atoms with Crippen LogP contribution in [0.3, 0.4) is 0 Å². The largest absolute Gasteiger partial charge is 0.504 e. The van der Waals surface area contributed by atoms with Gasteiger partial charge in [0, 0.05) is 16.2 Å². The maximum Gasteiger partial charge on any atom is 0.161 e. The molecule has 0 saturated carbocycles. The number of aromatic amines is 1. The number of nitrogens with one attached hydrogen (secondary N) is 1. The molecule has 2 aromatic carbocycles. The summed E-state index contributed by atoms with van der Waals surface area (Å²) in [6.45, 7) is 0. The van der Waals surface area contributed by atoms with E-state index in [1.165, 1.54) is 7.11 Å². The van der Waals surface area contributed by atoms with Gasteiger partial charge in [-0.25, -0.2) is 4.98 Å². The minimum atomic E-state index is 0.0722. The van der Waals surface area contributed by atoms with E-state index in [2.05, 4.69) is 20.0 Å². The Morgan fingerprint density at radius 3 is 2.90 bits per heavy atom. The molecule has 7 nitrogen and oxygen atoms in total. The van der Waals surface area contributed by atoms with Crippen molar-refractivity contribution in [1.29, 1.82) is 0 Å². The lowest BCUT2D eigenvalue weighted by molar-refractivity contribution is 0.373. The number of nitrogens with zero attached hydrogens (tertiary/aromatic N) is 4. The number of aromatic nitrogens is 2. The van der Waals surface area contributed by atoms with E-state index in [-0.39, 0.29) is 5.75 Å². The number of phenols is 1. The molecular formula is C14H11N5O2. The van der Waals surface area contributed by atoms with E-state index in [1.54, 1.807) is 36.4 Å². The molecule has 1 aromatic heterocycles. The van der Waals surface area contributed by atoms with Crippen molar-refractivity contribution in [2.45, 2.75) is 0 Å². The first-order valence-corrected chi connectivity index (χ1v) is 6.13. The van der Waals surface area contributed by atoms with Gasteiger partial charge < -0.3 is 14.8 Å². The fraction of sp³-hybridized carbons (Fsp3) is 0.0714. The van der Waals surface area contributed by atoms with E-state index in [0.717, 1.165) is 16.6 Å². The molecule has 0 aliphatic carbocycles. The average molecular weight is 281 g/mol. The molecule has 0 unspecified atom stereocenters. The highest BCUT2D eigenvalue weighted by molar-refractivity contribution is 5.82. The number of phenolic OH excluding ortho intramolecular Hbond substituents is 1. The van der Waals surface area contributed by atoms with Crippen LogP contribution in [0.25, 0.3) is 32.9 Å². The van der Waals surface area contributed by atoms with Crippen molar-refractivity contribution in [2.24, 2.45) is 5.11 Å². The van der Waals surface area contributed by atoms with Crippen LogP contribution in [0.4, 0.5) is 5.69 Å². The van der Waals surface area contributed by atoms with Gasteiger partial charge in [-0.3, -0.25) is 0 Å². The van der Waals surface area contributed by atoms with E-state index >= 15 is 0 Å². The highest BCUT2D eigenvalue weighted by atomic mass is 16.5. The number of fused-ring (bicyclic) bond motifs is 1. The zero-order valence-electron chi connectivity index (χ0n) is 11.1. The molecule has 0 aliphatic rings. The molecule has 0 spiro atoms. The maximum atomic E-state index is 9.62. The summed E-state index contributed by atoms with van der Waals surface area (Å²) >= 11 is 0. The monoisotopic (exact) mass is 281 g/mol. The standard InChI is InChI=1S/C14H11N5O2/c1-21-13-6-8(2-5-12(13)20)14-16-10-4-3-9(18-19-15)7-11(10)17-14/h2-7,20H,1H3,(H,16,17). The normalized spacial score (nSPS) is 10.3. The van der Waals surface area contributed by atoms with Crippen LogP contribution in [0.5, 0.6) is 11.5 Å². The van der Waals surface area contributed by atoms with Crippen molar-refractivity contribution in [1.82, 2.24) is 9.97 Å². The maximum absolute atomic E-state index is 9.62. The summed E-state index contributed by atoms with van der Waals surface area (Å²) in [5.41, 5.74) is 11.3. The van der Waals surface area contributed by atoms with Gasteiger partial charge >= 0.3 is 0 Å². The van der Waals surface area contributed by atoms with Crippen LogP contribution < -0.4 is 4.74 Å². The number of benzene rings is 2. The minimum Gasteiger partial charge on any atom is -0.504 e. The fourth-order valence-electron chi connectivity index (χ4n) is 2.07. The average Bonchev–Trinajstić information content (AvgIpc) is 2.91. The van der Waals surface area contributed by atoms with Gasteiger partial charge in [-0.15, -0.1) is 0 Å². The summed E-state index contributed by atoms with van der Waals surface area (Å²) in [6, 6.07) is 10.2. The summed E-state index contributed by atoms with van der Waals surface area (Å²) in [4.78, 5) is 10.4. The van der Waals surface area contributed by atoms with Gasteiger partial charge in [-0.05, 0) is 35.9 Å². The van der Waals surface area contributed by atoms with Crippen LogP contribution in [-0.4, -0.2) is 22.2 Å². The molecule has 1 heterocycles. The molecule has 21 heavy (non-hydrogen) atoms. The van der Waals surface area contributed by atoms with Crippen molar-refractivity contribution >= 4 is 16.7 Å². The zero-order valence-corrected chi connectivity index (χ0v) is 11.1. The third-order valence-corrected chi connectivity index (χ3v) is 3.08. The Kier molecular flexibility index (Phi) is 3.10. The van der Waals surface area contributed by atoms with E-state index in [4.69, 9.17) is 10.3 Å². The Bertz CT molecular complexity index is 865. The van der Waals surface area contributed by atoms with Gasteiger partial charge in [0.25, 0.3) is 0 Å². The Balaban J connectivity index is 2.10. The summed E-state index contributed by atoms with van der Waals surface area (Å²) in [7, 11) is 1.49. The third-order valence-electron chi connectivity index (χ3n) is 3.08. The third kappa shape index (κ3) is 2.33. The Morgan fingerprint density at radius 1 is 1.29 bits per heavy atom. The van der Waals surface area contributed by atoms with Gasteiger partial charge in [0.2, 0.25) is 0 Å². The van der Waals surface area contributed by atoms with Crippen LogP contribution in [0, 0.1) is 0 Å². The number of azide groups is 1. The lowest BCUT2D eigenvalue weighted by atomic mass is 10.2. The van der Waals surface area contributed by atoms with Crippen molar-refractivity contribution in [3.8, 4) is 22.9 Å². The lowest BCUT2D eigenvalue weighted by Crippen LogP contribution is -1.86. The van der Waals surface area contributed by atoms with E-state index in [1.807, 2.05) is 0 Å². The second-order valence-electron chi connectivity index (χ2n) is 4.36. The number of imidazole rings is 1. The highest BCUT2D eigenvalue weighted by Gasteiger charge is 2.09. The number of H-pyrrole nitrogens is 1. The van der Waals surface area contributed by atoms with Crippen LogP contribution in [0.2, 0.25) is 0 Å². The lowest BCUT2D eigenvalue weighted by Gasteiger charge is -2.04. The number of aromatic hydroxyl groups is 1. The molecule has 0 bridgehead atoms. The SMILES string of the molecule is COc1cc(-c2nc3ccc(N=[N+]=[N-])cc3[nH]2)ccc1O. The van der Waals surface area contributed by atoms with Crippen molar-refractivity contribution < 1.29 is 9.84 Å². The summed E-state index contributed by atoms with van der Waals surface area (Å²) < 4.78 is 5.09. The molecule has 0 radical (unpaired) electrons. The van der Waals surface area contributed by atoms with Crippen LogP contribution in [-0.2, 0) is 0 Å². The van der Waals surface area contributed by atoms with E-state index < -0.39 is 0 Å². The highest BCUT2D eigenvalue weighted by Crippen LogP contribution is 2.31. The first-order chi connectivity index (χ1) is 10.2. The Labute approximate surface area is 119 Å². The van der Waals surface area contributed by atoms with Crippen molar-refractivity contribution in [3.05, 3.63) is 46.8 Å². The second kappa shape index (κ2) is 5.07. The molecular weight excluding hydrogens is 270 g/mol. The molecule has 0 fully saturated rings. The second-order valence-corrected chi connectivity index (χ2v) is 4.36. The zero-order chi connectivity index (χ0) is 14.8. The fourth-order valence-corrected chi connectivity index (χ4v) is 2.07. The molecule has 0 saturated heterocycles. The van der Waals surface area contributed by atoms with Crippen molar-refractivity contribution in [3.63, 3.8) is 0 Å². The van der Waals surface area contributed by atoms with Gasteiger partial charge in [0.1, 0.15) is 5.82 Å². The molecule has 3 aromatic rings.